The highest BCUT2D eigenvalue weighted by molar-refractivity contribution is 5.66. The summed E-state index contributed by atoms with van der Waals surface area (Å²) in [4.78, 5) is 0. The molecule has 0 spiro atoms. The van der Waals surface area contributed by atoms with Gasteiger partial charge in [0.1, 0.15) is 18.4 Å². The second-order valence-corrected chi connectivity index (χ2v) is 2.97. The van der Waals surface area contributed by atoms with Gasteiger partial charge in [0.15, 0.2) is 11.3 Å². The molecule has 1 aliphatic carbocycles. The van der Waals surface area contributed by atoms with Gasteiger partial charge in [-0.2, -0.15) is 0 Å². The van der Waals surface area contributed by atoms with Crippen LogP contribution in [0.15, 0.2) is 36.9 Å². The first-order chi connectivity index (χ1) is 6.29. The van der Waals surface area contributed by atoms with Gasteiger partial charge in [-0.3, -0.25) is 0 Å². The highest BCUT2D eigenvalue weighted by Crippen LogP contribution is 2.26. The Bertz CT molecular complexity index is 375. The molecule has 1 aromatic rings. The van der Waals surface area contributed by atoms with E-state index in [0.29, 0.717) is 0 Å². The molecule has 1 N–H and O–H groups in total. The molecule has 13 heavy (non-hydrogen) atoms. The zero-order valence-corrected chi connectivity index (χ0v) is 7.20. The van der Waals surface area contributed by atoms with Crippen LogP contribution in [0, 0.1) is 12.8 Å². The van der Waals surface area contributed by atoms with Gasteiger partial charge in [0.25, 0.3) is 0 Å². The molecule has 0 aliphatic heterocycles. The van der Waals surface area contributed by atoms with Crippen molar-refractivity contribution in [3.8, 4) is 0 Å². The fraction of sp³-hybridized carbons (Fsp3) is 0. The van der Waals surface area contributed by atoms with Gasteiger partial charge in [-0.1, -0.05) is 0 Å². The molecular weight excluding hydrogens is 160 g/mol. The van der Waals surface area contributed by atoms with Crippen LogP contribution in [-0.2, 0) is 0 Å². The van der Waals surface area contributed by atoms with Crippen molar-refractivity contribution in [3.63, 3.8) is 0 Å². The maximum atomic E-state index is 9.33. The average Bonchev–Trinajstić information content (AvgIpc) is 2.17. The van der Waals surface area contributed by atoms with Crippen LogP contribution in [0.1, 0.15) is 16.7 Å². The van der Waals surface area contributed by atoms with E-state index in [4.69, 9.17) is 0 Å². The van der Waals surface area contributed by atoms with E-state index in [1.807, 2.05) is 43.2 Å². The smallest absolute Gasteiger partial charge is 0.201 e. The number of rotatable bonds is 1. The van der Waals surface area contributed by atoms with Gasteiger partial charge in [-0.15, -0.1) is 0 Å². The van der Waals surface area contributed by atoms with Crippen molar-refractivity contribution in [1.82, 2.24) is 0 Å². The molecule has 0 heterocycles. The molecule has 0 radical (unpaired) electrons. The number of aliphatic hydroxyl groups is 1. The Morgan fingerprint density at radius 2 is 2.00 bits per heavy atom. The largest absolute Gasteiger partial charge is 0.499 e. The Hall–Kier alpha value is -1.76. The normalized spacial score (nSPS) is 12.6. The summed E-state index contributed by atoms with van der Waals surface area (Å²) in [5, 5.41) is 9.33. The minimum atomic E-state index is 0.122. The van der Waals surface area contributed by atoms with E-state index in [9.17, 15) is 5.11 Å². The first-order valence-corrected chi connectivity index (χ1v) is 4.15. The molecule has 2 rings (SSSR count). The standard InChI is InChI=1S/C12H9O/c1-9(13)11-8-4-6-10-5-2-3-7-12(10)11/h2-8H,1H2/q+1/p+1. The predicted octanol–water partition coefficient (Wildman–Crippen LogP) is 2.89. The van der Waals surface area contributed by atoms with Gasteiger partial charge < -0.3 is 5.11 Å². The molecule has 0 saturated heterocycles. The van der Waals surface area contributed by atoms with Crippen molar-refractivity contribution in [1.29, 1.82) is 0 Å². The van der Waals surface area contributed by atoms with Crippen molar-refractivity contribution >= 4 is 5.76 Å². The molecule has 62 valence electrons. The molecule has 1 aliphatic rings. The van der Waals surface area contributed by atoms with E-state index in [1.54, 1.807) is 0 Å². The number of hydrogen-bond donors (Lipinski definition) is 1. The lowest BCUT2D eigenvalue weighted by molar-refractivity contribution is 0.513. The Balaban J connectivity index is 2.55. The molecule has 1 aromatic carbocycles. The van der Waals surface area contributed by atoms with Crippen LogP contribution in [0.25, 0.3) is 5.76 Å². The minimum Gasteiger partial charge on any atom is -0.499 e. The summed E-state index contributed by atoms with van der Waals surface area (Å²) in [5.41, 5.74) is 2.96. The Morgan fingerprint density at radius 1 is 1.23 bits per heavy atom. The second-order valence-electron chi connectivity index (χ2n) is 2.97. The third-order valence-corrected chi connectivity index (χ3v) is 2.10. The predicted molar refractivity (Wildman–Crippen MR) is 54.0 cm³/mol. The average molecular weight is 170 g/mol. The summed E-state index contributed by atoms with van der Waals surface area (Å²) in [6.45, 7) is 3.53. The number of allylic oxidation sites excluding steroid dienone is 2. The number of hydrogen-bond acceptors (Lipinski definition) is 1. The zero-order valence-electron chi connectivity index (χ0n) is 7.20. The van der Waals surface area contributed by atoms with Crippen LogP contribution >= 0.6 is 0 Å². The lowest BCUT2D eigenvalue weighted by atomic mass is 9.92. The molecule has 0 bridgehead atoms. The molecule has 0 saturated carbocycles. The zero-order chi connectivity index (χ0) is 9.26. The molecule has 0 amide bonds. The van der Waals surface area contributed by atoms with E-state index in [2.05, 4.69) is 6.58 Å². The summed E-state index contributed by atoms with van der Waals surface area (Å²) in [7, 11) is 0. The third-order valence-electron chi connectivity index (χ3n) is 2.10. The van der Waals surface area contributed by atoms with E-state index >= 15 is 0 Å². The van der Waals surface area contributed by atoms with Crippen LogP contribution in [0.2, 0.25) is 0 Å². The first kappa shape index (κ1) is 7.87. The molecular formula is C12H10O+2. The van der Waals surface area contributed by atoms with Crippen molar-refractivity contribution in [2.45, 2.75) is 0 Å². The fourth-order valence-corrected chi connectivity index (χ4v) is 1.48. The van der Waals surface area contributed by atoms with Crippen molar-refractivity contribution in [2.75, 3.05) is 0 Å². The Morgan fingerprint density at radius 3 is 2.77 bits per heavy atom. The SMILES string of the molecule is C=C(O)c1cccc2c1[CH+]C=C[CH+]2. The number of aliphatic hydroxyl groups excluding tert-OH is 1. The maximum Gasteiger partial charge on any atom is 0.201 e. The van der Waals surface area contributed by atoms with Gasteiger partial charge >= 0.3 is 0 Å². The van der Waals surface area contributed by atoms with E-state index in [1.165, 1.54) is 0 Å². The molecule has 0 fully saturated rings. The van der Waals surface area contributed by atoms with Gasteiger partial charge in [0.2, 0.25) is 5.56 Å². The minimum absolute atomic E-state index is 0.122. The van der Waals surface area contributed by atoms with E-state index in [0.717, 1.165) is 16.7 Å². The first-order valence-electron chi connectivity index (χ1n) is 4.15. The molecule has 0 aromatic heterocycles. The van der Waals surface area contributed by atoms with Crippen LogP contribution in [0.3, 0.4) is 0 Å². The lowest BCUT2D eigenvalue weighted by Gasteiger charge is -1.99. The monoisotopic (exact) mass is 170 g/mol. The molecule has 1 heteroatoms. The summed E-state index contributed by atoms with van der Waals surface area (Å²) in [6, 6.07) is 5.80. The lowest BCUT2D eigenvalue weighted by Crippen LogP contribution is -1.98. The third kappa shape index (κ3) is 1.29. The highest BCUT2D eigenvalue weighted by Gasteiger charge is 2.26. The fourth-order valence-electron chi connectivity index (χ4n) is 1.48. The second kappa shape index (κ2) is 2.94. The van der Waals surface area contributed by atoms with Gasteiger partial charge in [-0.25, -0.2) is 0 Å². The summed E-state index contributed by atoms with van der Waals surface area (Å²) < 4.78 is 0. The van der Waals surface area contributed by atoms with Crippen molar-refractivity contribution < 1.29 is 5.11 Å². The Labute approximate surface area is 78.0 Å². The molecule has 1 nitrogen and oxygen atoms in total. The number of fused-ring (bicyclic) bond motifs is 1. The Kier molecular flexibility index (Phi) is 1.78. The van der Waals surface area contributed by atoms with E-state index < -0.39 is 0 Å². The van der Waals surface area contributed by atoms with Gasteiger partial charge in [0, 0.05) is 12.1 Å². The van der Waals surface area contributed by atoms with Crippen LogP contribution in [-0.4, -0.2) is 5.11 Å². The topological polar surface area (TPSA) is 20.2 Å². The summed E-state index contributed by atoms with van der Waals surface area (Å²) >= 11 is 0. The maximum absolute atomic E-state index is 9.33. The van der Waals surface area contributed by atoms with Crippen LogP contribution < -0.4 is 0 Å². The highest BCUT2D eigenvalue weighted by atomic mass is 16.3. The summed E-state index contributed by atoms with van der Waals surface area (Å²) in [6.07, 6.45) is 7.93. The van der Waals surface area contributed by atoms with E-state index in [-0.39, 0.29) is 5.76 Å². The van der Waals surface area contributed by atoms with Crippen LogP contribution in [0.4, 0.5) is 0 Å². The quantitative estimate of drug-likeness (QED) is 0.507. The van der Waals surface area contributed by atoms with Gasteiger partial charge in [-0.05, 0) is 6.58 Å². The van der Waals surface area contributed by atoms with Gasteiger partial charge in [0.05, 0.1) is 18.2 Å². The molecule has 0 atom stereocenters. The molecule has 0 unspecified atom stereocenters. The summed E-state index contributed by atoms with van der Waals surface area (Å²) in [5.74, 6) is 0.122. The number of benzene rings is 1. The van der Waals surface area contributed by atoms with Crippen molar-refractivity contribution in [2.24, 2.45) is 0 Å². The van der Waals surface area contributed by atoms with Crippen LogP contribution in [0.5, 0.6) is 0 Å². The van der Waals surface area contributed by atoms with Crippen molar-refractivity contribution in [3.05, 3.63) is 66.5 Å².